The number of hydrogen-bond acceptors (Lipinski definition) is 6. The van der Waals surface area contributed by atoms with Crippen LogP contribution in [0.4, 0.5) is 0 Å². The van der Waals surface area contributed by atoms with Crippen LogP contribution in [-0.4, -0.2) is 37.2 Å². The molecule has 0 aliphatic heterocycles. The number of rotatable bonds is 68. The third-order valence-electron chi connectivity index (χ3n) is 16.7. The van der Waals surface area contributed by atoms with E-state index in [0.717, 1.165) is 64.2 Å². The molecule has 0 amide bonds. The first kappa shape index (κ1) is 77.9. The Balaban J connectivity index is 4.05. The fraction of sp³-hybridized carbons (Fsp3) is 0.905. The summed E-state index contributed by atoms with van der Waals surface area (Å²) in [5.41, 5.74) is 0. The zero-order valence-corrected chi connectivity index (χ0v) is 54.4. The van der Waals surface area contributed by atoms with Crippen LogP contribution in [0.5, 0.6) is 0 Å². The summed E-state index contributed by atoms with van der Waals surface area (Å²) in [6, 6.07) is 0. The minimum Gasteiger partial charge on any atom is -0.462 e. The first-order chi connectivity index (χ1) is 39.5. The van der Waals surface area contributed by atoms with Gasteiger partial charge in [-0.2, -0.15) is 0 Å². The largest absolute Gasteiger partial charge is 0.462 e. The lowest BCUT2D eigenvalue weighted by Crippen LogP contribution is -2.30. The van der Waals surface area contributed by atoms with Gasteiger partial charge in [0.15, 0.2) is 6.10 Å². The number of carbonyl (C=O) groups is 3. The van der Waals surface area contributed by atoms with E-state index in [1.165, 1.54) is 308 Å². The molecule has 6 heteroatoms. The molecule has 0 bridgehead atoms. The summed E-state index contributed by atoms with van der Waals surface area (Å²) in [6.07, 6.45) is 85.3. The zero-order valence-electron chi connectivity index (χ0n) is 54.4. The van der Waals surface area contributed by atoms with E-state index < -0.39 is 6.10 Å². The first-order valence-corrected chi connectivity index (χ1v) is 36.3. The smallest absolute Gasteiger partial charge is 0.306 e. The molecule has 0 aliphatic rings. The Morgan fingerprint density at radius 3 is 0.662 bits per heavy atom. The van der Waals surface area contributed by atoms with Gasteiger partial charge in [-0.05, 0) is 64.2 Å². The molecule has 0 aliphatic carbocycles. The van der Waals surface area contributed by atoms with Crippen molar-refractivity contribution in [2.45, 2.75) is 419 Å². The summed E-state index contributed by atoms with van der Waals surface area (Å²) in [7, 11) is 0. The minimum atomic E-state index is -0.775. The van der Waals surface area contributed by atoms with Gasteiger partial charge in [-0.25, -0.2) is 0 Å². The molecular formula is C74H140O6. The van der Waals surface area contributed by atoms with Gasteiger partial charge in [-0.3, -0.25) is 14.4 Å². The van der Waals surface area contributed by atoms with E-state index in [9.17, 15) is 14.4 Å². The number of allylic oxidation sites excluding steroid dienone is 4. The summed E-state index contributed by atoms with van der Waals surface area (Å²) in [5, 5.41) is 0. The molecule has 0 fully saturated rings. The van der Waals surface area contributed by atoms with Gasteiger partial charge in [-0.1, -0.05) is 353 Å². The van der Waals surface area contributed by atoms with Gasteiger partial charge in [0.05, 0.1) is 0 Å². The number of ether oxygens (including phenoxy) is 3. The average Bonchev–Trinajstić information content (AvgIpc) is 3.46. The van der Waals surface area contributed by atoms with E-state index in [0.29, 0.717) is 19.3 Å². The van der Waals surface area contributed by atoms with Crippen LogP contribution < -0.4 is 0 Å². The molecular weight excluding hydrogens is 985 g/mol. The van der Waals surface area contributed by atoms with E-state index in [2.05, 4.69) is 45.1 Å². The average molecular weight is 1130 g/mol. The highest BCUT2D eigenvalue weighted by atomic mass is 16.6. The SMILES string of the molecule is CCCC/C=C\CCCCCCCC(=O)OCC(COC(=O)CCCCCCCCCCCCCCCCCCCCCCCCCCCCCCCCCCC)OC(=O)CCCCCCCCC/C=C\CCCCCCCCC. The number of esters is 3. The van der Waals surface area contributed by atoms with E-state index >= 15 is 0 Å². The van der Waals surface area contributed by atoms with Crippen molar-refractivity contribution in [3.8, 4) is 0 Å². The van der Waals surface area contributed by atoms with Crippen LogP contribution in [0.3, 0.4) is 0 Å². The van der Waals surface area contributed by atoms with Crippen LogP contribution in [0.2, 0.25) is 0 Å². The fourth-order valence-corrected chi connectivity index (χ4v) is 11.2. The van der Waals surface area contributed by atoms with E-state index in [1.54, 1.807) is 0 Å². The Kier molecular flexibility index (Phi) is 67.6. The van der Waals surface area contributed by atoms with Gasteiger partial charge in [0.1, 0.15) is 13.2 Å². The number of unbranched alkanes of at least 4 members (excludes halogenated alkanes) is 53. The lowest BCUT2D eigenvalue weighted by atomic mass is 10.0. The molecule has 80 heavy (non-hydrogen) atoms. The van der Waals surface area contributed by atoms with Crippen molar-refractivity contribution in [2.75, 3.05) is 13.2 Å². The van der Waals surface area contributed by atoms with Gasteiger partial charge in [0, 0.05) is 19.3 Å². The minimum absolute atomic E-state index is 0.0707. The molecule has 0 N–H and O–H groups in total. The van der Waals surface area contributed by atoms with Crippen LogP contribution in [0.25, 0.3) is 0 Å². The van der Waals surface area contributed by atoms with Gasteiger partial charge >= 0.3 is 17.9 Å². The first-order valence-electron chi connectivity index (χ1n) is 36.3. The molecule has 472 valence electrons. The van der Waals surface area contributed by atoms with Crippen LogP contribution in [0.1, 0.15) is 412 Å². The molecule has 0 rings (SSSR count). The Morgan fingerprint density at radius 1 is 0.237 bits per heavy atom. The third kappa shape index (κ3) is 66.7. The van der Waals surface area contributed by atoms with E-state index in [1.807, 2.05) is 0 Å². The molecule has 0 heterocycles. The summed E-state index contributed by atoms with van der Waals surface area (Å²) in [6.45, 7) is 6.66. The summed E-state index contributed by atoms with van der Waals surface area (Å²) < 4.78 is 16.9. The molecule has 1 atom stereocenters. The summed E-state index contributed by atoms with van der Waals surface area (Å²) in [5.74, 6) is -0.858. The number of hydrogen-bond donors (Lipinski definition) is 0. The maximum Gasteiger partial charge on any atom is 0.306 e. The van der Waals surface area contributed by atoms with Gasteiger partial charge in [0.2, 0.25) is 0 Å². The van der Waals surface area contributed by atoms with Crippen LogP contribution >= 0.6 is 0 Å². The Hall–Kier alpha value is -2.11. The second-order valence-electron chi connectivity index (χ2n) is 24.9. The molecule has 0 saturated heterocycles. The summed E-state index contributed by atoms with van der Waals surface area (Å²) >= 11 is 0. The van der Waals surface area contributed by atoms with Crippen molar-refractivity contribution >= 4 is 17.9 Å². The van der Waals surface area contributed by atoms with Crippen LogP contribution in [0.15, 0.2) is 24.3 Å². The molecule has 6 nitrogen and oxygen atoms in total. The third-order valence-corrected chi connectivity index (χ3v) is 16.7. The Labute approximate surface area is 500 Å². The van der Waals surface area contributed by atoms with Crippen molar-refractivity contribution < 1.29 is 28.6 Å². The normalized spacial score (nSPS) is 12.1. The molecule has 0 aromatic heterocycles. The summed E-state index contributed by atoms with van der Waals surface area (Å²) in [4.78, 5) is 38.3. The maximum absolute atomic E-state index is 12.9. The second kappa shape index (κ2) is 69.4. The van der Waals surface area contributed by atoms with E-state index in [4.69, 9.17) is 14.2 Å². The van der Waals surface area contributed by atoms with E-state index in [-0.39, 0.29) is 31.1 Å². The highest BCUT2D eigenvalue weighted by Gasteiger charge is 2.19. The quantitative estimate of drug-likeness (QED) is 0.0261. The lowest BCUT2D eigenvalue weighted by molar-refractivity contribution is -0.167. The topological polar surface area (TPSA) is 78.9 Å². The van der Waals surface area contributed by atoms with Crippen molar-refractivity contribution in [1.29, 1.82) is 0 Å². The highest BCUT2D eigenvalue weighted by Crippen LogP contribution is 2.19. The van der Waals surface area contributed by atoms with Gasteiger partial charge < -0.3 is 14.2 Å². The van der Waals surface area contributed by atoms with Gasteiger partial charge in [-0.15, -0.1) is 0 Å². The van der Waals surface area contributed by atoms with Gasteiger partial charge in [0.25, 0.3) is 0 Å². The predicted molar refractivity (Wildman–Crippen MR) is 349 cm³/mol. The second-order valence-corrected chi connectivity index (χ2v) is 24.9. The lowest BCUT2D eigenvalue weighted by Gasteiger charge is -2.18. The molecule has 1 unspecified atom stereocenters. The predicted octanol–water partition coefficient (Wildman–Crippen LogP) is 25.0. The van der Waals surface area contributed by atoms with Crippen LogP contribution in [-0.2, 0) is 28.6 Å². The van der Waals surface area contributed by atoms with Crippen molar-refractivity contribution in [1.82, 2.24) is 0 Å². The molecule has 0 aromatic carbocycles. The zero-order chi connectivity index (χ0) is 57.8. The molecule has 0 aromatic rings. The van der Waals surface area contributed by atoms with Crippen molar-refractivity contribution in [3.05, 3.63) is 24.3 Å². The van der Waals surface area contributed by atoms with Crippen molar-refractivity contribution in [3.63, 3.8) is 0 Å². The maximum atomic E-state index is 12.9. The van der Waals surface area contributed by atoms with Crippen molar-refractivity contribution in [2.24, 2.45) is 0 Å². The monoisotopic (exact) mass is 1130 g/mol. The molecule has 0 saturated carbocycles. The fourth-order valence-electron chi connectivity index (χ4n) is 11.2. The Morgan fingerprint density at radius 2 is 0.425 bits per heavy atom. The molecule has 0 radical (unpaired) electrons. The standard InChI is InChI=1S/C74H140O6/c1-4-7-10-13-16-19-22-24-26-28-30-31-32-33-34-35-36-37-38-39-40-41-42-43-44-46-47-49-52-55-58-61-64-67-73(76)79-70-71(69-78-72(75)66-63-60-57-54-51-21-18-15-12-9-6-3)80-74(77)68-65-62-59-56-53-50-48-45-29-27-25-23-20-17-14-11-8-5-2/h15,18,27,29,71H,4-14,16-17,19-26,28,30-70H2,1-3H3/b18-15-,29-27-. The highest BCUT2D eigenvalue weighted by molar-refractivity contribution is 5.71. The Bertz CT molecular complexity index is 1290. The number of carbonyl (C=O) groups excluding carboxylic acids is 3. The van der Waals surface area contributed by atoms with Crippen LogP contribution in [0, 0.1) is 0 Å². The molecule has 0 spiro atoms.